The Kier molecular flexibility index (Phi) is 6.16. The van der Waals surface area contributed by atoms with Gasteiger partial charge in [-0.25, -0.2) is 0 Å². The van der Waals surface area contributed by atoms with Crippen molar-refractivity contribution < 1.29 is 19.8 Å². The van der Waals surface area contributed by atoms with Crippen LogP contribution < -0.4 is 0 Å². The summed E-state index contributed by atoms with van der Waals surface area (Å²) in [5.74, 6) is -0.818. The van der Waals surface area contributed by atoms with Gasteiger partial charge in [0.15, 0.2) is 0 Å². The summed E-state index contributed by atoms with van der Waals surface area (Å²) < 4.78 is 0. The second kappa shape index (κ2) is 7.95. The quantitative estimate of drug-likeness (QED) is 0.821. The second-order valence-electron chi connectivity index (χ2n) is 7.46. The number of nitrogens with zero attached hydrogens (tertiary/aromatic N) is 2. The van der Waals surface area contributed by atoms with Crippen LogP contribution in [0.15, 0.2) is 18.3 Å². The summed E-state index contributed by atoms with van der Waals surface area (Å²) in [6, 6.07) is 3.72. The Bertz CT molecular complexity index is 632. The van der Waals surface area contributed by atoms with Gasteiger partial charge in [0, 0.05) is 19.3 Å². The van der Waals surface area contributed by atoms with Gasteiger partial charge in [-0.1, -0.05) is 19.9 Å². The van der Waals surface area contributed by atoms with E-state index in [0.717, 1.165) is 5.56 Å². The number of carbonyl (C=O) groups excluding carboxylic acids is 1. The monoisotopic (exact) mass is 348 g/mol. The number of pyridine rings is 1. The van der Waals surface area contributed by atoms with Crippen molar-refractivity contribution in [1.29, 1.82) is 0 Å². The molecule has 2 atom stereocenters. The summed E-state index contributed by atoms with van der Waals surface area (Å²) in [7, 11) is 0. The van der Waals surface area contributed by atoms with E-state index in [-0.39, 0.29) is 25.3 Å². The minimum Gasteiger partial charge on any atom is -0.481 e. The highest BCUT2D eigenvalue weighted by atomic mass is 16.4. The molecule has 0 aromatic carbocycles. The number of carbonyl (C=O) groups is 2. The van der Waals surface area contributed by atoms with E-state index in [9.17, 15) is 19.8 Å². The molecule has 1 aromatic rings. The molecule has 0 unspecified atom stereocenters. The van der Waals surface area contributed by atoms with Gasteiger partial charge in [-0.15, -0.1) is 0 Å². The summed E-state index contributed by atoms with van der Waals surface area (Å²) in [5, 5.41) is 20.2. The third kappa shape index (κ3) is 4.37. The van der Waals surface area contributed by atoms with Crippen LogP contribution in [0.5, 0.6) is 0 Å². The number of piperidine rings is 1. The Hall–Kier alpha value is -1.95. The molecule has 25 heavy (non-hydrogen) atoms. The molecule has 2 N–H and O–H groups in total. The number of aryl methyl sites for hydroxylation is 1. The Balaban J connectivity index is 2.15. The highest BCUT2D eigenvalue weighted by Gasteiger charge is 2.49. The molecular formula is C19H28N2O4. The summed E-state index contributed by atoms with van der Waals surface area (Å²) in [4.78, 5) is 30.5. The van der Waals surface area contributed by atoms with Crippen LogP contribution >= 0.6 is 0 Å². The Morgan fingerprint density at radius 2 is 2.16 bits per heavy atom. The molecule has 1 amide bonds. The normalized spacial score (nSPS) is 23.7. The van der Waals surface area contributed by atoms with Crippen molar-refractivity contribution in [2.75, 3.05) is 13.1 Å². The zero-order chi connectivity index (χ0) is 18.6. The van der Waals surface area contributed by atoms with Crippen molar-refractivity contribution in [3.8, 4) is 0 Å². The molecule has 138 valence electrons. The Labute approximate surface area is 148 Å². The third-order valence-electron chi connectivity index (χ3n) is 5.17. The molecule has 0 aliphatic carbocycles. The fourth-order valence-corrected chi connectivity index (χ4v) is 3.36. The molecule has 1 saturated heterocycles. The standard InChI is InChI=1S/C19H28N2O4/c1-13(2)6-8-19(18(24)25)12-21(10-7-16(19)22)17(23)11-15-14(3)5-4-9-20-15/h4-5,9,13,16,22H,6-8,10-12H2,1-3H3,(H,24,25)/t16-,19-/m1/s1. The summed E-state index contributed by atoms with van der Waals surface area (Å²) in [6.07, 6.45) is 2.24. The number of rotatable bonds is 6. The minimum atomic E-state index is -1.28. The molecular weight excluding hydrogens is 320 g/mol. The molecule has 0 radical (unpaired) electrons. The summed E-state index contributed by atoms with van der Waals surface area (Å²) in [5.41, 5.74) is 0.371. The van der Waals surface area contributed by atoms with E-state index >= 15 is 0 Å². The largest absolute Gasteiger partial charge is 0.481 e. The number of aliphatic hydroxyl groups excluding tert-OH is 1. The first-order chi connectivity index (χ1) is 11.8. The third-order valence-corrected chi connectivity index (χ3v) is 5.17. The van der Waals surface area contributed by atoms with Gasteiger partial charge in [0.25, 0.3) is 0 Å². The number of aliphatic hydroxyl groups is 1. The van der Waals surface area contributed by atoms with E-state index < -0.39 is 17.5 Å². The van der Waals surface area contributed by atoms with Crippen molar-refractivity contribution in [3.05, 3.63) is 29.6 Å². The van der Waals surface area contributed by atoms with Crippen molar-refractivity contribution >= 4 is 11.9 Å². The lowest BCUT2D eigenvalue weighted by molar-refractivity contribution is -0.167. The van der Waals surface area contributed by atoms with E-state index in [1.165, 1.54) is 0 Å². The van der Waals surface area contributed by atoms with Gasteiger partial charge in [0.1, 0.15) is 5.41 Å². The number of likely N-dealkylation sites (tertiary alicyclic amines) is 1. The first-order valence-electron chi connectivity index (χ1n) is 8.86. The number of aliphatic carboxylic acids is 1. The Morgan fingerprint density at radius 1 is 1.44 bits per heavy atom. The molecule has 6 nitrogen and oxygen atoms in total. The van der Waals surface area contributed by atoms with Crippen LogP contribution in [0.25, 0.3) is 0 Å². The summed E-state index contributed by atoms with van der Waals surface area (Å²) >= 11 is 0. The molecule has 2 heterocycles. The van der Waals surface area contributed by atoms with Crippen LogP contribution in [0.3, 0.4) is 0 Å². The fourth-order valence-electron chi connectivity index (χ4n) is 3.36. The van der Waals surface area contributed by atoms with Crippen LogP contribution in [0.4, 0.5) is 0 Å². The van der Waals surface area contributed by atoms with E-state index in [0.29, 0.717) is 31.0 Å². The van der Waals surface area contributed by atoms with E-state index in [1.54, 1.807) is 11.1 Å². The van der Waals surface area contributed by atoms with Gasteiger partial charge in [-0.2, -0.15) is 0 Å². The number of hydrogen-bond acceptors (Lipinski definition) is 4. The van der Waals surface area contributed by atoms with Crippen LogP contribution in [-0.2, 0) is 16.0 Å². The maximum Gasteiger partial charge on any atom is 0.314 e. The van der Waals surface area contributed by atoms with Crippen LogP contribution in [0, 0.1) is 18.3 Å². The first kappa shape index (κ1) is 19.4. The van der Waals surface area contributed by atoms with Crippen LogP contribution in [0.1, 0.15) is 44.4 Å². The van der Waals surface area contributed by atoms with Gasteiger partial charge < -0.3 is 15.1 Å². The smallest absolute Gasteiger partial charge is 0.314 e. The topological polar surface area (TPSA) is 90.7 Å². The molecule has 1 fully saturated rings. The lowest BCUT2D eigenvalue weighted by Gasteiger charge is -2.43. The van der Waals surface area contributed by atoms with Crippen molar-refractivity contribution in [2.24, 2.45) is 11.3 Å². The van der Waals surface area contributed by atoms with Crippen LogP contribution in [0.2, 0.25) is 0 Å². The van der Waals surface area contributed by atoms with Crippen LogP contribution in [-0.4, -0.2) is 51.2 Å². The van der Waals surface area contributed by atoms with E-state index in [2.05, 4.69) is 4.98 Å². The average Bonchev–Trinajstić information content (AvgIpc) is 2.56. The maximum atomic E-state index is 12.7. The average molecular weight is 348 g/mol. The number of hydrogen-bond donors (Lipinski definition) is 2. The van der Waals surface area contributed by atoms with Gasteiger partial charge in [-0.05, 0) is 43.7 Å². The van der Waals surface area contributed by atoms with Crippen molar-refractivity contribution in [2.45, 2.75) is 52.6 Å². The molecule has 2 rings (SSSR count). The van der Waals surface area contributed by atoms with E-state index in [1.807, 2.05) is 32.9 Å². The first-order valence-corrected chi connectivity index (χ1v) is 8.86. The van der Waals surface area contributed by atoms with Crippen molar-refractivity contribution in [3.63, 3.8) is 0 Å². The highest BCUT2D eigenvalue weighted by molar-refractivity contribution is 5.81. The number of carboxylic acid groups (broad SMARTS) is 1. The number of aromatic nitrogens is 1. The molecule has 0 saturated carbocycles. The zero-order valence-corrected chi connectivity index (χ0v) is 15.2. The second-order valence-corrected chi connectivity index (χ2v) is 7.46. The Morgan fingerprint density at radius 3 is 2.76 bits per heavy atom. The summed E-state index contributed by atoms with van der Waals surface area (Å²) in [6.45, 7) is 6.39. The van der Waals surface area contributed by atoms with Gasteiger partial charge >= 0.3 is 5.97 Å². The molecule has 1 aromatic heterocycles. The molecule has 1 aliphatic rings. The van der Waals surface area contributed by atoms with Gasteiger partial charge in [-0.3, -0.25) is 14.6 Å². The van der Waals surface area contributed by atoms with E-state index in [4.69, 9.17) is 0 Å². The van der Waals surface area contributed by atoms with Crippen molar-refractivity contribution in [1.82, 2.24) is 9.88 Å². The number of carboxylic acids is 1. The molecule has 6 heteroatoms. The lowest BCUT2D eigenvalue weighted by atomic mass is 9.72. The zero-order valence-electron chi connectivity index (χ0n) is 15.2. The highest BCUT2D eigenvalue weighted by Crippen LogP contribution is 2.37. The predicted octanol–water partition coefficient (Wildman–Crippen LogP) is 2.03. The lowest BCUT2D eigenvalue weighted by Crippen LogP contribution is -2.57. The van der Waals surface area contributed by atoms with Gasteiger partial charge in [0.05, 0.1) is 18.2 Å². The molecule has 0 bridgehead atoms. The SMILES string of the molecule is Cc1cccnc1CC(=O)N1CC[C@@H](O)[C@](CCC(C)C)(C(=O)O)C1. The minimum absolute atomic E-state index is 0.0565. The molecule has 1 aliphatic heterocycles. The fraction of sp³-hybridized carbons (Fsp3) is 0.632. The van der Waals surface area contributed by atoms with Gasteiger partial charge in [0.2, 0.25) is 5.91 Å². The maximum absolute atomic E-state index is 12.7. The number of amides is 1. The predicted molar refractivity (Wildman–Crippen MR) is 94.0 cm³/mol. The molecule has 0 spiro atoms.